The Kier molecular flexibility index (Phi) is 4.41. The maximum atomic E-state index is 11.6. The fraction of sp³-hybridized carbons (Fsp3) is 0.400. The SMILES string of the molecule is COC(=O)c1ncn(CCC(N)=O)c1C(=O)OC. The van der Waals surface area contributed by atoms with Crippen LogP contribution < -0.4 is 5.73 Å². The molecule has 0 fully saturated rings. The number of nitrogens with zero attached hydrogens (tertiary/aromatic N) is 2. The molecule has 0 aliphatic rings. The van der Waals surface area contributed by atoms with Gasteiger partial charge in [-0.3, -0.25) is 4.79 Å². The molecular weight excluding hydrogens is 242 g/mol. The van der Waals surface area contributed by atoms with Crippen molar-refractivity contribution in [2.24, 2.45) is 5.73 Å². The molecule has 2 N–H and O–H groups in total. The first kappa shape index (κ1) is 13.7. The van der Waals surface area contributed by atoms with Crippen LogP contribution in [0.4, 0.5) is 0 Å². The Morgan fingerprint density at radius 1 is 1.28 bits per heavy atom. The quantitative estimate of drug-likeness (QED) is 0.698. The van der Waals surface area contributed by atoms with Crippen LogP contribution in [0, 0.1) is 0 Å². The Balaban J connectivity index is 3.11. The van der Waals surface area contributed by atoms with Crippen LogP contribution in [0.3, 0.4) is 0 Å². The molecule has 0 radical (unpaired) electrons. The summed E-state index contributed by atoms with van der Waals surface area (Å²) in [7, 11) is 2.35. The van der Waals surface area contributed by atoms with Crippen LogP contribution in [0.15, 0.2) is 6.33 Å². The molecule has 98 valence electrons. The second-order valence-electron chi connectivity index (χ2n) is 3.33. The maximum absolute atomic E-state index is 11.6. The average molecular weight is 255 g/mol. The Hall–Kier alpha value is -2.38. The number of carbonyl (C=O) groups excluding carboxylic acids is 3. The molecule has 0 aliphatic carbocycles. The van der Waals surface area contributed by atoms with Crippen LogP contribution in [-0.2, 0) is 20.8 Å². The van der Waals surface area contributed by atoms with Gasteiger partial charge in [0.25, 0.3) is 0 Å². The number of hydrogen-bond acceptors (Lipinski definition) is 6. The molecule has 0 bridgehead atoms. The van der Waals surface area contributed by atoms with Gasteiger partial charge in [-0.1, -0.05) is 0 Å². The summed E-state index contributed by atoms with van der Waals surface area (Å²) in [6.45, 7) is 0.129. The van der Waals surface area contributed by atoms with Crippen molar-refractivity contribution in [2.45, 2.75) is 13.0 Å². The number of hydrogen-bond donors (Lipinski definition) is 1. The van der Waals surface area contributed by atoms with Crippen molar-refractivity contribution in [3.63, 3.8) is 0 Å². The zero-order valence-corrected chi connectivity index (χ0v) is 10.0. The van der Waals surface area contributed by atoms with Crippen molar-refractivity contribution < 1.29 is 23.9 Å². The predicted octanol–water partition coefficient (Wildman–Crippen LogP) is -0.668. The van der Waals surface area contributed by atoms with Gasteiger partial charge in [-0.25, -0.2) is 14.6 Å². The maximum Gasteiger partial charge on any atom is 0.359 e. The van der Waals surface area contributed by atoms with E-state index in [9.17, 15) is 14.4 Å². The lowest BCUT2D eigenvalue weighted by molar-refractivity contribution is -0.118. The lowest BCUT2D eigenvalue weighted by atomic mass is 10.3. The van der Waals surface area contributed by atoms with Gasteiger partial charge in [-0.05, 0) is 0 Å². The van der Waals surface area contributed by atoms with Gasteiger partial charge < -0.3 is 19.8 Å². The van der Waals surface area contributed by atoms with Crippen LogP contribution in [0.2, 0.25) is 0 Å². The number of methoxy groups -OCH3 is 2. The molecule has 0 saturated carbocycles. The highest BCUT2D eigenvalue weighted by Crippen LogP contribution is 2.11. The summed E-state index contributed by atoms with van der Waals surface area (Å²) in [5.41, 5.74) is 4.79. The van der Waals surface area contributed by atoms with E-state index in [1.165, 1.54) is 25.1 Å². The van der Waals surface area contributed by atoms with Crippen LogP contribution in [0.5, 0.6) is 0 Å². The zero-order valence-electron chi connectivity index (χ0n) is 10.0. The molecule has 0 spiro atoms. The normalized spacial score (nSPS) is 9.89. The number of primary amides is 1. The number of nitrogens with two attached hydrogens (primary N) is 1. The summed E-state index contributed by atoms with van der Waals surface area (Å²) in [6.07, 6.45) is 1.27. The van der Waals surface area contributed by atoms with Crippen molar-refractivity contribution in [1.29, 1.82) is 0 Å². The molecule has 1 heterocycles. The first-order valence-corrected chi connectivity index (χ1v) is 5.01. The summed E-state index contributed by atoms with van der Waals surface area (Å²) in [4.78, 5) is 37.5. The first-order valence-electron chi connectivity index (χ1n) is 5.01. The van der Waals surface area contributed by atoms with Crippen molar-refractivity contribution in [1.82, 2.24) is 9.55 Å². The molecule has 1 amide bonds. The van der Waals surface area contributed by atoms with Gasteiger partial charge in [0.05, 0.1) is 20.5 Å². The summed E-state index contributed by atoms with van der Waals surface area (Å²) in [6, 6.07) is 0. The number of esters is 2. The molecule has 8 nitrogen and oxygen atoms in total. The van der Waals surface area contributed by atoms with Gasteiger partial charge in [0.2, 0.25) is 5.91 Å². The first-order chi connectivity index (χ1) is 8.51. The number of aromatic nitrogens is 2. The van der Waals surface area contributed by atoms with Gasteiger partial charge in [-0.2, -0.15) is 0 Å². The molecule has 0 saturated heterocycles. The van der Waals surface area contributed by atoms with Crippen LogP contribution in [-0.4, -0.2) is 41.6 Å². The van der Waals surface area contributed by atoms with Gasteiger partial charge in [0.15, 0.2) is 11.4 Å². The minimum Gasteiger partial charge on any atom is -0.464 e. The Bertz CT molecular complexity index is 480. The third kappa shape index (κ3) is 2.84. The zero-order chi connectivity index (χ0) is 13.7. The lowest BCUT2D eigenvalue weighted by Crippen LogP contribution is -2.19. The number of amides is 1. The van der Waals surface area contributed by atoms with E-state index in [1.807, 2.05) is 0 Å². The topological polar surface area (TPSA) is 114 Å². The molecule has 1 rings (SSSR count). The van der Waals surface area contributed by atoms with Gasteiger partial charge >= 0.3 is 11.9 Å². The number of rotatable bonds is 5. The summed E-state index contributed by atoms with van der Waals surface area (Å²) in [5.74, 6) is -2.02. The third-order valence-electron chi connectivity index (χ3n) is 2.19. The minimum atomic E-state index is -0.756. The fourth-order valence-electron chi connectivity index (χ4n) is 1.34. The highest BCUT2D eigenvalue weighted by molar-refractivity contribution is 6.00. The van der Waals surface area contributed by atoms with E-state index in [2.05, 4.69) is 14.5 Å². The average Bonchev–Trinajstić information content (AvgIpc) is 2.78. The minimum absolute atomic E-state index is 0.0148. The van der Waals surface area contributed by atoms with Gasteiger partial charge in [0, 0.05) is 13.0 Å². The highest BCUT2D eigenvalue weighted by atomic mass is 16.5. The number of carbonyl (C=O) groups is 3. The molecule has 8 heteroatoms. The second kappa shape index (κ2) is 5.80. The Labute approximate surface area is 103 Å². The van der Waals surface area contributed by atoms with E-state index in [-0.39, 0.29) is 24.4 Å². The second-order valence-corrected chi connectivity index (χ2v) is 3.33. The summed E-state index contributed by atoms with van der Waals surface area (Å²) >= 11 is 0. The van der Waals surface area contributed by atoms with Gasteiger partial charge in [-0.15, -0.1) is 0 Å². The standard InChI is InChI=1S/C10H13N3O5/c1-17-9(15)7-8(10(16)18-2)13(5-12-7)4-3-6(11)14/h5H,3-4H2,1-2H3,(H2,11,14). The highest BCUT2D eigenvalue weighted by Gasteiger charge is 2.25. The smallest absolute Gasteiger partial charge is 0.359 e. The van der Waals surface area contributed by atoms with E-state index in [0.717, 1.165) is 0 Å². The summed E-state index contributed by atoms with van der Waals surface area (Å²) in [5, 5.41) is 0. The monoisotopic (exact) mass is 255 g/mol. The predicted molar refractivity (Wildman–Crippen MR) is 58.7 cm³/mol. The molecule has 0 aromatic carbocycles. The molecular formula is C10H13N3O5. The number of aryl methyl sites for hydroxylation is 1. The number of imidazole rings is 1. The molecule has 0 atom stereocenters. The van der Waals surface area contributed by atoms with E-state index >= 15 is 0 Å². The molecule has 18 heavy (non-hydrogen) atoms. The van der Waals surface area contributed by atoms with E-state index in [1.54, 1.807) is 0 Å². The van der Waals surface area contributed by atoms with Gasteiger partial charge in [0.1, 0.15) is 0 Å². The largest absolute Gasteiger partial charge is 0.464 e. The molecule has 1 aromatic heterocycles. The lowest BCUT2D eigenvalue weighted by Gasteiger charge is -2.06. The van der Waals surface area contributed by atoms with Crippen LogP contribution in [0.1, 0.15) is 27.4 Å². The van der Waals surface area contributed by atoms with E-state index in [4.69, 9.17) is 5.73 Å². The summed E-state index contributed by atoms with van der Waals surface area (Å²) < 4.78 is 10.4. The Morgan fingerprint density at radius 3 is 2.39 bits per heavy atom. The Morgan fingerprint density at radius 2 is 1.89 bits per heavy atom. The van der Waals surface area contributed by atoms with Crippen LogP contribution >= 0.6 is 0 Å². The van der Waals surface area contributed by atoms with Crippen LogP contribution in [0.25, 0.3) is 0 Å². The van der Waals surface area contributed by atoms with Crippen molar-refractivity contribution in [3.8, 4) is 0 Å². The molecule has 0 unspecified atom stereocenters. The molecule has 1 aromatic rings. The van der Waals surface area contributed by atoms with Crippen molar-refractivity contribution >= 4 is 17.8 Å². The third-order valence-corrected chi connectivity index (χ3v) is 2.19. The van der Waals surface area contributed by atoms with Crippen molar-refractivity contribution in [3.05, 3.63) is 17.7 Å². The fourth-order valence-corrected chi connectivity index (χ4v) is 1.34. The van der Waals surface area contributed by atoms with E-state index in [0.29, 0.717) is 0 Å². The number of ether oxygens (including phenoxy) is 2. The molecule has 0 aliphatic heterocycles. The van der Waals surface area contributed by atoms with Crippen molar-refractivity contribution in [2.75, 3.05) is 14.2 Å². The van der Waals surface area contributed by atoms with E-state index < -0.39 is 17.8 Å².